The fraction of sp³-hybridized carbons (Fsp3) is 0.714. The van der Waals surface area contributed by atoms with Crippen molar-refractivity contribution in [2.45, 2.75) is 45.4 Å². The van der Waals surface area contributed by atoms with Gasteiger partial charge in [0.25, 0.3) is 0 Å². The van der Waals surface area contributed by atoms with Gasteiger partial charge in [-0.2, -0.15) is 0 Å². The largest absolute Gasteiger partial charge is 0.466 e. The Morgan fingerprint density at radius 2 is 1.94 bits per heavy atom. The van der Waals surface area contributed by atoms with Crippen molar-refractivity contribution < 1.29 is 19.1 Å². The molecule has 0 fully saturated rings. The van der Waals surface area contributed by atoms with Gasteiger partial charge in [0.15, 0.2) is 0 Å². The summed E-state index contributed by atoms with van der Waals surface area (Å²) in [6, 6.07) is 0. The van der Waals surface area contributed by atoms with Crippen LogP contribution in [0.4, 0.5) is 0 Å². The molecule has 1 aliphatic carbocycles. The number of ether oxygens (including phenoxy) is 2. The van der Waals surface area contributed by atoms with Crippen LogP contribution in [-0.2, 0) is 19.1 Å². The van der Waals surface area contributed by atoms with E-state index in [0.717, 1.165) is 25.7 Å². The smallest absolute Gasteiger partial charge is 0.306 e. The molecule has 4 nitrogen and oxygen atoms in total. The number of carbonyl (C=O) groups is 2. The lowest BCUT2D eigenvalue weighted by molar-refractivity contribution is -0.150. The van der Waals surface area contributed by atoms with Crippen molar-refractivity contribution in [2.24, 2.45) is 5.92 Å². The third-order valence-electron chi connectivity index (χ3n) is 2.81. The summed E-state index contributed by atoms with van der Waals surface area (Å²) >= 11 is 0. The van der Waals surface area contributed by atoms with Crippen molar-refractivity contribution in [2.75, 3.05) is 13.2 Å². The van der Waals surface area contributed by atoms with Gasteiger partial charge in [0, 0.05) is 5.92 Å². The Morgan fingerprint density at radius 1 is 1.22 bits per heavy atom. The molecule has 0 aliphatic heterocycles. The Labute approximate surface area is 108 Å². The van der Waals surface area contributed by atoms with Crippen molar-refractivity contribution in [1.29, 1.82) is 0 Å². The third kappa shape index (κ3) is 6.42. The van der Waals surface area contributed by atoms with Gasteiger partial charge < -0.3 is 9.47 Å². The summed E-state index contributed by atoms with van der Waals surface area (Å²) < 4.78 is 10.0. The Balaban J connectivity index is 2.08. The average Bonchev–Trinajstić information content (AvgIpc) is 2.41. The monoisotopic (exact) mass is 254 g/mol. The van der Waals surface area contributed by atoms with Gasteiger partial charge in [-0.15, -0.1) is 0 Å². The van der Waals surface area contributed by atoms with Gasteiger partial charge in [-0.1, -0.05) is 19.1 Å². The van der Waals surface area contributed by atoms with Crippen molar-refractivity contribution >= 4 is 11.9 Å². The van der Waals surface area contributed by atoms with E-state index in [-0.39, 0.29) is 24.8 Å². The number of esters is 2. The maximum Gasteiger partial charge on any atom is 0.306 e. The number of hydrogen-bond acceptors (Lipinski definition) is 4. The molecular weight excluding hydrogens is 232 g/mol. The van der Waals surface area contributed by atoms with Crippen LogP contribution in [0.25, 0.3) is 0 Å². The van der Waals surface area contributed by atoms with Crippen LogP contribution in [-0.4, -0.2) is 25.2 Å². The highest BCUT2D eigenvalue weighted by Crippen LogP contribution is 2.17. The maximum absolute atomic E-state index is 11.4. The first kappa shape index (κ1) is 14.7. The second kappa shape index (κ2) is 8.72. The number of carbonyl (C=O) groups excluding carboxylic acids is 2. The molecule has 102 valence electrons. The molecular formula is C14H22O4. The van der Waals surface area contributed by atoms with Gasteiger partial charge in [0.2, 0.25) is 0 Å². The van der Waals surface area contributed by atoms with Crippen molar-refractivity contribution in [1.82, 2.24) is 0 Å². The van der Waals surface area contributed by atoms with Crippen molar-refractivity contribution in [3.05, 3.63) is 12.2 Å². The van der Waals surface area contributed by atoms with Crippen LogP contribution >= 0.6 is 0 Å². The molecule has 0 saturated carbocycles. The van der Waals surface area contributed by atoms with Crippen molar-refractivity contribution in [3.63, 3.8) is 0 Å². The summed E-state index contributed by atoms with van der Waals surface area (Å²) in [6.45, 7) is 2.78. The molecule has 1 rings (SSSR count). The van der Waals surface area contributed by atoms with E-state index in [1.54, 1.807) is 0 Å². The number of hydrogen-bond donors (Lipinski definition) is 0. The highest BCUT2D eigenvalue weighted by Gasteiger charge is 2.13. The molecule has 0 aromatic heterocycles. The van der Waals surface area contributed by atoms with Crippen LogP contribution in [0.2, 0.25) is 0 Å². The third-order valence-corrected chi connectivity index (χ3v) is 2.81. The van der Waals surface area contributed by atoms with Gasteiger partial charge in [0.1, 0.15) is 0 Å². The van der Waals surface area contributed by atoms with E-state index in [9.17, 15) is 9.59 Å². The lowest BCUT2D eigenvalue weighted by Crippen LogP contribution is -2.15. The highest BCUT2D eigenvalue weighted by molar-refractivity contribution is 5.77. The van der Waals surface area contributed by atoms with Crippen LogP contribution in [0.5, 0.6) is 0 Å². The van der Waals surface area contributed by atoms with Gasteiger partial charge in [0.05, 0.1) is 26.1 Å². The minimum atomic E-state index is -0.327. The molecule has 0 spiro atoms. The fourth-order valence-electron chi connectivity index (χ4n) is 1.79. The van der Waals surface area contributed by atoms with E-state index < -0.39 is 0 Å². The number of allylic oxidation sites excluding steroid dienone is 1. The molecule has 1 unspecified atom stereocenters. The molecule has 0 radical (unpaired) electrons. The molecule has 0 N–H and O–H groups in total. The molecule has 18 heavy (non-hydrogen) atoms. The first-order valence-electron chi connectivity index (χ1n) is 6.70. The summed E-state index contributed by atoms with van der Waals surface area (Å²) in [7, 11) is 0. The van der Waals surface area contributed by atoms with Crippen LogP contribution in [0.1, 0.15) is 45.4 Å². The zero-order valence-electron chi connectivity index (χ0n) is 11.0. The van der Waals surface area contributed by atoms with E-state index in [1.807, 2.05) is 6.92 Å². The van der Waals surface area contributed by atoms with E-state index in [0.29, 0.717) is 19.1 Å². The zero-order chi connectivity index (χ0) is 13.2. The maximum atomic E-state index is 11.4. The molecule has 4 heteroatoms. The van der Waals surface area contributed by atoms with E-state index in [2.05, 4.69) is 12.2 Å². The lowest BCUT2D eigenvalue weighted by atomic mass is 9.97. The molecule has 0 bridgehead atoms. The van der Waals surface area contributed by atoms with E-state index in [1.165, 1.54) is 0 Å². The Kier molecular flexibility index (Phi) is 7.14. The molecule has 1 atom stereocenters. The summed E-state index contributed by atoms with van der Waals surface area (Å²) in [4.78, 5) is 22.6. The average molecular weight is 254 g/mol. The fourth-order valence-corrected chi connectivity index (χ4v) is 1.79. The van der Waals surface area contributed by atoms with Gasteiger partial charge >= 0.3 is 11.9 Å². The molecule has 0 aromatic carbocycles. The highest BCUT2D eigenvalue weighted by atomic mass is 16.5. The second-order valence-corrected chi connectivity index (χ2v) is 4.52. The predicted octanol–water partition coefficient (Wildman–Crippen LogP) is 2.62. The zero-order valence-corrected chi connectivity index (χ0v) is 11.0. The summed E-state index contributed by atoms with van der Waals surface area (Å²) in [5.41, 5.74) is 0. The van der Waals surface area contributed by atoms with Crippen molar-refractivity contribution in [3.8, 4) is 0 Å². The van der Waals surface area contributed by atoms with Crippen LogP contribution < -0.4 is 0 Å². The molecule has 0 heterocycles. The standard InChI is InChI=1S/C14H22O4/c1-2-10-17-13(15)8-9-14(16)18-11-12-6-4-3-5-7-12/h4,6,12H,2-3,5,7-11H2,1H3. The van der Waals surface area contributed by atoms with Crippen LogP contribution in [0, 0.1) is 5.92 Å². The molecule has 0 amide bonds. The topological polar surface area (TPSA) is 52.6 Å². The SMILES string of the molecule is CCCOC(=O)CCC(=O)OCC1C=CCCC1. The molecule has 0 aromatic rings. The normalized spacial score (nSPS) is 18.4. The Hall–Kier alpha value is -1.32. The summed E-state index contributed by atoms with van der Waals surface area (Å²) in [5, 5.41) is 0. The van der Waals surface area contributed by atoms with E-state index >= 15 is 0 Å². The Morgan fingerprint density at radius 3 is 2.56 bits per heavy atom. The summed E-state index contributed by atoms with van der Waals surface area (Å²) in [6.07, 6.45) is 8.59. The molecule has 0 saturated heterocycles. The first-order valence-corrected chi connectivity index (χ1v) is 6.70. The predicted molar refractivity (Wildman–Crippen MR) is 67.9 cm³/mol. The van der Waals surface area contributed by atoms with Gasteiger partial charge in [-0.3, -0.25) is 9.59 Å². The molecule has 1 aliphatic rings. The van der Waals surface area contributed by atoms with E-state index in [4.69, 9.17) is 9.47 Å². The quantitative estimate of drug-likeness (QED) is 0.517. The van der Waals surface area contributed by atoms with Crippen LogP contribution in [0.15, 0.2) is 12.2 Å². The minimum Gasteiger partial charge on any atom is -0.466 e. The lowest BCUT2D eigenvalue weighted by Gasteiger charge is -2.15. The summed E-state index contributed by atoms with van der Waals surface area (Å²) in [5.74, 6) is -0.302. The first-order chi connectivity index (χ1) is 8.72. The van der Waals surface area contributed by atoms with Gasteiger partial charge in [-0.05, 0) is 25.7 Å². The van der Waals surface area contributed by atoms with Crippen LogP contribution in [0.3, 0.4) is 0 Å². The number of rotatable bonds is 7. The Bertz CT molecular complexity index is 296. The van der Waals surface area contributed by atoms with Gasteiger partial charge in [-0.25, -0.2) is 0 Å². The minimum absolute atomic E-state index is 0.110. The second-order valence-electron chi connectivity index (χ2n) is 4.52.